The van der Waals surface area contributed by atoms with Crippen molar-refractivity contribution in [1.82, 2.24) is 5.32 Å². The summed E-state index contributed by atoms with van der Waals surface area (Å²) in [5.74, 6) is 0. The zero-order valence-electron chi connectivity index (χ0n) is 10.8. The third-order valence-corrected chi connectivity index (χ3v) is 2.59. The number of methoxy groups -OCH3 is 1. The molecular weight excluding hydrogens is 232 g/mol. The maximum absolute atomic E-state index is 11.5. The first kappa shape index (κ1) is 14.5. The molecule has 0 saturated carbocycles. The van der Waals surface area contributed by atoms with E-state index in [4.69, 9.17) is 9.84 Å². The Labute approximate surface area is 107 Å². The van der Waals surface area contributed by atoms with Crippen LogP contribution in [-0.4, -0.2) is 31.4 Å². The van der Waals surface area contributed by atoms with Crippen molar-refractivity contribution < 1.29 is 14.6 Å². The third-order valence-electron chi connectivity index (χ3n) is 2.59. The van der Waals surface area contributed by atoms with Gasteiger partial charge in [0.15, 0.2) is 0 Å². The highest BCUT2D eigenvalue weighted by molar-refractivity contribution is 5.89. The van der Waals surface area contributed by atoms with Gasteiger partial charge in [0.1, 0.15) is 0 Å². The summed E-state index contributed by atoms with van der Waals surface area (Å²) >= 11 is 0. The highest BCUT2D eigenvalue weighted by Crippen LogP contribution is 2.19. The van der Waals surface area contributed by atoms with Gasteiger partial charge in [-0.3, -0.25) is 0 Å². The van der Waals surface area contributed by atoms with E-state index in [9.17, 15) is 4.79 Å². The molecule has 100 valence electrons. The van der Waals surface area contributed by atoms with E-state index >= 15 is 0 Å². The van der Waals surface area contributed by atoms with Crippen LogP contribution < -0.4 is 10.6 Å². The standard InChI is InChI=1S/C13H20N2O3/c1-10(18-2)11-5-3-6-12(9-11)15-13(17)14-7-4-8-16/h3,5-6,9-10,16H,4,7-8H2,1-2H3,(H2,14,15,17). The minimum absolute atomic E-state index is 0.01000. The lowest BCUT2D eigenvalue weighted by atomic mass is 10.1. The highest BCUT2D eigenvalue weighted by Gasteiger charge is 2.06. The number of amides is 2. The fourth-order valence-electron chi connectivity index (χ4n) is 1.46. The van der Waals surface area contributed by atoms with E-state index in [2.05, 4.69) is 10.6 Å². The summed E-state index contributed by atoms with van der Waals surface area (Å²) in [4.78, 5) is 11.5. The zero-order chi connectivity index (χ0) is 13.4. The van der Waals surface area contributed by atoms with E-state index in [0.29, 0.717) is 13.0 Å². The first-order valence-corrected chi connectivity index (χ1v) is 5.96. The van der Waals surface area contributed by atoms with Crippen LogP contribution in [0.1, 0.15) is 25.0 Å². The molecule has 0 radical (unpaired) electrons. The maximum atomic E-state index is 11.5. The number of benzene rings is 1. The molecule has 0 aliphatic rings. The Balaban J connectivity index is 2.53. The first-order chi connectivity index (χ1) is 8.67. The molecule has 5 nitrogen and oxygen atoms in total. The number of urea groups is 1. The van der Waals surface area contributed by atoms with Gasteiger partial charge in [0.2, 0.25) is 0 Å². The molecule has 18 heavy (non-hydrogen) atoms. The summed E-state index contributed by atoms with van der Waals surface area (Å²) in [6, 6.07) is 7.24. The van der Waals surface area contributed by atoms with E-state index in [0.717, 1.165) is 11.3 Å². The van der Waals surface area contributed by atoms with Crippen molar-refractivity contribution >= 4 is 11.7 Å². The van der Waals surface area contributed by atoms with Gasteiger partial charge in [0.05, 0.1) is 6.10 Å². The van der Waals surface area contributed by atoms with E-state index in [1.165, 1.54) is 0 Å². The van der Waals surface area contributed by atoms with Crippen molar-refractivity contribution in [1.29, 1.82) is 0 Å². The number of rotatable bonds is 6. The molecule has 1 rings (SSSR count). The molecule has 5 heteroatoms. The van der Waals surface area contributed by atoms with Crippen LogP contribution in [0.4, 0.5) is 10.5 Å². The number of anilines is 1. The molecule has 0 saturated heterocycles. The normalized spacial score (nSPS) is 11.9. The van der Waals surface area contributed by atoms with Crippen molar-refractivity contribution in [3.63, 3.8) is 0 Å². The molecule has 0 heterocycles. The number of carbonyl (C=O) groups excluding carboxylic acids is 1. The molecule has 1 atom stereocenters. The topological polar surface area (TPSA) is 70.6 Å². The van der Waals surface area contributed by atoms with Gasteiger partial charge in [-0.25, -0.2) is 4.79 Å². The predicted octanol–water partition coefficient (Wildman–Crippen LogP) is 1.90. The lowest BCUT2D eigenvalue weighted by Gasteiger charge is -2.12. The lowest BCUT2D eigenvalue weighted by Crippen LogP contribution is -2.29. The second kappa shape index (κ2) is 7.68. The highest BCUT2D eigenvalue weighted by atomic mass is 16.5. The molecule has 0 spiro atoms. The average Bonchev–Trinajstić information content (AvgIpc) is 2.38. The van der Waals surface area contributed by atoms with Crippen LogP contribution in [0.15, 0.2) is 24.3 Å². The van der Waals surface area contributed by atoms with E-state index < -0.39 is 0 Å². The Morgan fingerprint density at radius 3 is 2.94 bits per heavy atom. The van der Waals surface area contributed by atoms with Crippen molar-refractivity contribution in [2.75, 3.05) is 25.6 Å². The van der Waals surface area contributed by atoms with Crippen LogP contribution in [0.2, 0.25) is 0 Å². The molecule has 1 aromatic carbocycles. The van der Waals surface area contributed by atoms with Crippen molar-refractivity contribution in [3.05, 3.63) is 29.8 Å². The number of nitrogens with one attached hydrogen (secondary N) is 2. The van der Waals surface area contributed by atoms with E-state index in [1.807, 2.05) is 31.2 Å². The molecule has 1 aromatic rings. The van der Waals surface area contributed by atoms with Gasteiger partial charge in [-0.1, -0.05) is 12.1 Å². The Morgan fingerprint density at radius 1 is 1.50 bits per heavy atom. The summed E-state index contributed by atoms with van der Waals surface area (Å²) in [7, 11) is 1.65. The number of aliphatic hydroxyl groups excluding tert-OH is 1. The fraction of sp³-hybridized carbons (Fsp3) is 0.462. The van der Waals surface area contributed by atoms with Gasteiger partial charge >= 0.3 is 6.03 Å². The number of hydrogen-bond acceptors (Lipinski definition) is 3. The fourth-order valence-corrected chi connectivity index (χ4v) is 1.46. The summed E-state index contributed by atoms with van der Waals surface area (Å²) in [6.07, 6.45) is 0.540. The van der Waals surface area contributed by atoms with Crippen LogP contribution in [0.25, 0.3) is 0 Å². The minimum Gasteiger partial charge on any atom is -0.396 e. The summed E-state index contributed by atoms with van der Waals surface area (Å²) in [6.45, 7) is 2.47. The monoisotopic (exact) mass is 252 g/mol. The Kier molecular flexibility index (Phi) is 6.18. The lowest BCUT2D eigenvalue weighted by molar-refractivity contribution is 0.119. The molecule has 0 bridgehead atoms. The molecule has 2 amide bonds. The molecule has 0 aliphatic carbocycles. The minimum atomic E-state index is -0.273. The molecule has 3 N–H and O–H groups in total. The van der Waals surface area contributed by atoms with Gasteiger partial charge in [-0.05, 0) is 31.0 Å². The van der Waals surface area contributed by atoms with E-state index in [-0.39, 0.29) is 18.7 Å². The summed E-state index contributed by atoms with van der Waals surface area (Å²) < 4.78 is 5.22. The second-order valence-corrected chi connectivity index (χ2v) is 3.96. The molecule has 0 aromatic heterocycles. The van der Waals surface area contributed by atoms with Gasteiger partial charge in [-0.15, -0.1) is 0 Å². The van der Waals surface area contributed by atoms with Crippen molar-refractivity contribution in [3.8, 4) is 0 Å². The smallest absolute Gasteiger partial charge is 0.319 e. The van der Waals surface area contributed by atoms with Crippen LogP contribution in [0.3, 0.4) is 0 Å². The molecular formula is C13H20N2O3. The Morgan fingerprint density at radius 2 is 2.28 bits per heavy atom. The van der Waals surface area contributed by atoms with Gasteiger partial charge in [0.25, 0.3) is 0 Å². The summed E-state index contributed by atoms with van der Waals surface area (Å²) in [5.41, 5.74) is 1.73. The van der Waals surface area contributed by atoms with E-state index in [1.54, 1.807) is 7.11 Å². The Hall–Kier alpha value is -1.59. The average molecular weight is 252 g/mol. The largest absolute Gasteiger partial charge is 0.396 e. The molecule has 1 unspecified atom stereocenters. The number of carbonyl (C=O) groups is 1. The SMILES string of the molecule is COC(C)c1cccc(NC(=O)NCCCO)c1. The molecule has 0 aliphatic heterocycles. The van der Waals surface area contributed by atoms with Gasteiger partial charge < -0.3 is 20.5 Å². The van der Waals surface area contributed by atoms with Gasteiger partial charge in [0, 0.05) is 25.9 Å². The van der Waals surface area contributed by atoms with Crippen LogP contribution in [-0.2, 0) is 4.74 Å². The number of aliphatic hydroxyl groups is 1. The summed E-state index contributed by atoms with van der Waals surface area (Å²) in [5, 5.41) is 14.0. The third kappa shape index (κ3) is 4.73. The number of hydrogen-bond donors (Lipinski definition) is 3. The van der Waals surface area contributed by atoms with Crippen LogP contribution in [0, 0.1) is 0 Å². The Bertz CT molecular complexity index is 382. The predicted molar refractivity (Wildman–Crippen MR) is 70.6 cm³/mol. The van der Waals surface area contributed by atoms with Crippen molar-refractivity contribution in [2.45, 2.75) is 19.4 Å². The van der Waals surface area contributed by atoms with Crippen molar-refractivity contribution in [2.24, 2.45) is 0 Å². The molecule has 0 fully saturated rings. The van der Waals surface area contributed by atoms with Gasteiger partial charge in [-0.2, -0.15) is 0 Å². The number of ether oxygens (including phenoxy) is 1. The van der Waals surface area contributed by atoms with Crippen LogP contribution in [0.5, 0.6) is 0 Å². The maximum Gasteiger partial charge on any atom is 0.319 e. The second-order valence-electron chi connectivity index (χ2n) is 3.96. The quantitative estimate of drug-likeness (QED) is 0.677. The first-order valence-electron chi connectivity index (χ1n) is 5.96. The zero-order valence-corrected chi connectivity index (χ0v) is 10.8. The van der Waals surface area contributed by atoms with Crippen LogP contribution >= 0.6 is 0 Å².